The molecule has 5 nitrogen and oxygen atoms in total. The first-order valence-electron chi connectivity index (χ1n) is 6.97. The molecule has 122 valence electrons. The second kappa shape index (κ2) is 8.36. The maximum atomic E-state index is 12.0. The molecule has 1 fully saturated rings. The first-order valence-corrected chi connectivity index (χ1v) is 7.34. The van der Waals surface area contributed by atoms with Crippen LogP contribution in [0, 0.1) is 12.8 Å². The number of aryl methyl sites for hydroxylation is 1. The van der Waals surface area contributed by atoms with Crippen LogP contribution in [0.15, 0.2) is 18.2 Å². The molecule has 2 N–H and O–H groups in total. The summed E-state index contributed by atoms with van der Waals surface area (Å²) in [6.07, 6.45) is 1.48. The van der Waals surface area contributed by atoms with E-state index in [1.807, 2.05) is 17.9 Å². The molecule has 7 heteroatoms. The number of likely N-dealkylation sites (tertiary alicyclic amines) is 1. The van der Waals surface area contributed by atoms with Crippen molar-refractivity contribution >= 4 is 41.6 Å². The molecular weight excluding hydrogens is 327 g/mol. The average molecular weight is 347 g/mol. The number of nitrogens with zero attached hydrogens (tertiary/aromatic N) is 1. The minimum Gasteiger partial charge on any atom is -0.481 e. The van der Waals surface area contributed by atoms with Crippen LogP contribution in [0.1, 0.15) is 18.4 Å². The maximum absolute atomic E-state index is 12.0. The van der Waals surface area contributed by atoms with Crippen molar-refractivity contribution in [2.24, 2.45) is 5.92 Å². The van der Waals surface area contributed by atoms with E-state index in [0.29, 0.717) is 23.7 Å². The van der Waals surface area contributed by atoms with Crippen molar-refractivity contribution in [3.05, 3.63) is 28.8 Å². The van der Waals surface area contributed by atoms with Gasteiger partial charge < -0.3 is 10.4 Å². The highest BCUT2D eigenvalue weighted by atomic mass is 35.5. The van der Waals surface area contributed by atoms with Crippen LogP contribution in [-0.2, 0) is 9.59 Å². The van der Waals surface area contributed by atoms with E-state index in [0.717, 1.165) is 18.5 Å². The number of halogens is 2. The van der Waals surface area contributed by atoms with Gasteiger partial charge in [-0.05, 0) is 44.0 Å². The Balaban J connectivity index is 0.00000242. The van der Waals surface area contributed by atoms with Gasteiger partial charge in [0.1, 0.15) is 0 Å². The van der Waals surface area contributed by atoms with Crippen LogP contribution in [0.5, 0.6) is 0 Å². The lowest BCUT2D eigenvalue weighted by molar-refractivity contribution is -0.144. The summed E-state index contributed by atoms with van der Waals surface area (Å²) in [6.45, 7) is 3.29. The Hall–Kier alpha value is -1.30. The van der Waals surface area contributed by atoms with Crippen LogP contribution in [0.3, 0.4) is 0 Å². The molecule has 0 aromatic heterocycles. The summed E-state index contributed by atoms with van der Waals surface area (Å²) in [7, 11) is 0. The van der Waals surface area contributed by atoms with Gasteiger partial charge in [0.15, 0.2) is 0 Å². The number of anilines is 1. The SMILES string of the molecule is Cc1ccc(NC(=O)CN2CCCC(C(=O)O)C2)c(Cl)c1.Cl. The number of carbonyl (C=O) groups is 2. The van der Waals surface area contributed by atoms with Crippen LogP contribution in [-0.4, -0.2) is 41.5 Å². The number of amides is 1. The molecule has 0 radical (unpaired) electrons. The molecule has 1 aromatic rings. The van der Waals surface area contributed by atoms with Crippen molar-refractivity contribution < 1.29 is 14.7 Å². The molecule has 1 aromatic carbocycles. The second-order valence-corrected chi connectivity index (χ2v) is 5.85. The Labute approximate surface area is 141 Å². The van der Waals surface area contributed by atoms with Crippen molar-refractivity contribution in [3.63, 3.8) is 0 Å². The number of carbonyl (C=O) groups excluding carboxylic acids is 1. The molecule has 2 rings (SSSR count). The molecule has 1 aliphatic heterocycles. The first-order chi connectivity index (χ1) is 9.95. The third kappa shape index (κ3) is 5.16. The highest BCUT2D eigenvalue weighted by molar-refractivity contribution is 6.33. The maximum Gasteiger partial charge on any atom is 0.307 e. The van der Waals surface area contributed by atoms with Crippen molar-refractivity contribution in [1.29, 1.82) is 0 Å². The normalized spacial score (nSPS) is 18.4. The van der Waals surface area contributed by atoms with Gasteiger partial charge in [0.05, 0.1) is 23.2 Å². The van der Waals surface area contributed by atoms with Gasteiger partial charge in [-0.3, -0.25) is 14.5 Å². The van der Waals surface area contributed by atoms with E-state index >= 15 is 0 Å². The second-order valence-electron chi connectivity index (χ2n) is 5.44. The number of nitrogens with one attached hydrogen (secondary N) is 1. The summed E-state index contributed by atoms with van der Waals surface area (Å²) in [4.78, 5) is 24.9. The Bertz CT molecular complexity index is 552. The van der Waals surface area contributed by atoms with E-state index < -0.39 is 5.97 Å². The number of benzene rings is 1. The number of carboxylic acid groups (broad SMARTS) is 1. The number of hydrogen-bond acceptors (Lipinski definition) is 3. The number of carboxylic acids is 1. The molecule has 1 saturated heterocycles. The summed E-state index contributed by atoms with van der Waals surface area (Å²) in [5.41, 5.74) is 1.61. The molecule has 0 spiro atoms. The van der Waals surface area contributed by atoms with Gasteiger partial charge in [0, 0.05) is 6.54 Å². The molecule has 1 heterocycles. The molecule has 1 amide bonds. The van der Waals surface area contributed by atoms with Gasteiger partial charge in [0.25, 0.3) is 0 Å². The van der Waals surface area contributed by atoms with Crippen LogP contribution >= 0.6 is 24.0 Å². The van der Waals surface area contributed by atoms with E-state index in [1.165, 1.54) is 0 Å². The van der Waals surface area contributed by atoms with E-state index in [-0.39, 0.29) is 30.8 Å². The lowest BCUT2D eigenvalue weighted by Gasteiger charge is -2.29. The standard InChI is InChI=1S/C15H19ClN2O3.ClH/c1-10-4-5-13(12(16)7-10)17-14(19)9-18-6-2-3-11(8-18)15(20)21;/h4-5,7,11H,2-3,6,8-9H2,1H3,(H,17,19)(H,20,21);1H. The Kier molecular flexibility index (Phi) is 7.13. The van der Waals surface area contributed by atoms with Crippen molar-refractivity contribution in [3.8, 4) is 0 Å². The number of rotatable bonds is 4. The summed E-state index contributed by atoms with van der Waals surface area (Å²) >= 11 is 6.08. The summed E-state index contributed by atoms with van der Waals surface area (Å²) in [6, 6.07) is 5.44. The zero-order valence-corrected chi connectivity index (χ0v) is 13.9. The smallest absolute Gasteiger partial charge is 0.307 e. The van der Waals surface area contributed by atoms with E-state index in [4.69, 9.17) is 16.7 Å². The zero-order valence-electron chi connectivity index (χ0n) is 12.3. The molecule has 1 aliphatic rings. The van der Waals surface area contributed by atoms with Crippen molar-refractivity contribution in [2.45, 2.75) is 19.8 Å². The highest BCUT2D eigenvalue weighted by Gasteiger charge is 2.26. The van der Waals surface area contributed by atoms with Crippen LogP contribution in [0.4, 0.5) is 5.69 Å². The van der Waals surface area contributed by atoms with Crippen LogP contribution in [0.2, 0.25) is 5.02 Å². The Morgan fingerprint density at radius 1 is 1.45 bits per heavy atom. The van der Waals surface area contributed by atoms with Gasteiger partial charge in [-0.15, -0.1) is 12.4 Å². The molecule has 22 heavy (non-hydrogen) atoms. The van der Waals surface area contributed by atoms with Gasteiger partial charge in [0.2, 0.25) is 5.91 Å². The largest absolute Gasteiger partial charge is 0.481 e. The molecule has 0 saturated carbocycles. The third-order valence-corrected chi connectivity index (χ3v) is 3.93. The minimum atomic E-state index is -0.790. The van der Waals surface area contributed by atoms with E-state index in [2.05, 4.69) is 5.32 Å². The molecule has 0 bridgehead atoms. The monoisotopic (exact) mass is 346 g/mol. The first kappa shape index (κ1) is 18.7. The van der Waals surface area contributed by atoms with Gasteiger partial charge >= 0.3 is 5.97 Å². The predicted molar refractivity (Wildman–Crippen MR) is 88.9 cm³/mol. The molecule has 1 unspecified atom stereocenters. The minimum absolute atomic E-state index is 0. The highest BCUT2D eigenvalue weighted by Crippen LogP contribution is 2.23. The summed E-state index contributed by atoms with van der Waals surface area (Å²) in [5.74, 6) is -1.34. The predicted octanol–water partition coefficient (Wildman–Crippen LogP) is 2.81. The van der Waals surface area contributed by atoms with Gasteiger partial charge in [-0.25, -0.2) is 0 Å². The molecular formula is C15H20Cl2N2O3. The van der Waals surface area contributed by atoms with Crippen LogP contribution in [0.25, 0.3) is 0 Å². The quantitative estimate of drug-likeness (QED) is 0.879. The topological polar surface area (TPSA) is 69.6 Å². The number of piperidine rings is 1. The Morgan fingerprint density at radius 2 is 2.18 bits per heavy atom. The van der Waals surface area contributed by atoms with Gasteiger partial charge in [-0.2, -0.15) is 0 Å². The van der Waals surface area contributed by atoms with Crippen LogP contribution < -0.4 is 5.32 Å². The fraction of sp³-hybridized carbons (Fsp3) is 0.467. The average Bonchev–Trinajstić information content (AvgIpc) is 2.42. The van der Waals surface area contributed by atoms with Crippen molar-refractivity contribution in [2.75, 3.05) is 25.0 Å². The van der Waals surface area contributed by atoms with E-state index in [1.54, 1.807) is 12.1 Å². The lowest BCUT2D eigenvalue weighted by atomic mass is 9.98. The molecule has 0 aliphatic carbocycles. The van der Waals surface area contributed by atoms with E-state index in [9.17, 15) is 9.59 Å². The molecule has 1 atom stereocenters. The third-order valence-electron chi connectivity index (χ3n) is 3.62. The fourth-order valence-corrected chi connectivity index (χ4v) is 2.80. The fourth-order valence-electron chi connectivity index (χ4n) is 2.52. The number of hydrogen-bond donors (Lipinski definition) is 2. The zero-order chi connectivity index (χ0) is 15.4. The lowest BCUT2D eigenvalue weighted by Crippen LogP contribution is -2.42. The summed E-state index contributed by atoms with van der Waals surface area (Å²) < 4.78 is 0. The number of aliphatic carboxylic acids is 1. The van der Waals surface area contributed by atoms with Gasteiger partial charge in [-0.1, -0.05) is 17.7 Å². The van der Waals surface area contributed by atoms with Crippen molar-refractivity contribution in [1.82, 2.24) is 4.90 Å². The Morgan fingerprint density at radius 3 is 2.82 bits per heavy atom. The summed E-state index contributed by atoms with van der Waals surface area (Å²) in [5, 5.41) is 12.3.